The highest BCUT2D eigenvalue weighted by Gasteiger charge is 2.45. The first-order chi connectivity index (χ1) is 17.4. The van der Waals surface area contributed by atoms with Gasteiger partial charge in [-0.15, -0.1) is 0 Å². The van der Waals surface area contributed by atoms with Gasteiger partial charge in [-0.2, -0.15) is 5.10 Å². The van der Waals surface area contributed by atoms with Crippen molar-refractivity contribution >= 4 is 17.4 Å². The highest BCUT2D eigenvalue weighted by Crippen LogP contribution is 2.50. The van der Waals surface area contributed by atoms with Crippen LogP contribution in [0.15, 0.2) is 66.2 Å². The number of carbonyl (C=O) groups excluding carboxylic acids is 1. The predicted octanol–water partition coefficient (Wildman–Crippen LogP) is 3.89. The van der Waals surface area contributed by atoms with Crippen molar-refractivity contribution in [2.24, 2.45) is 36.5 Å². The minimum absolute atomic E-state index is 0.0310. The number of nitrogens with one attached hydrogen (secondary N) is 1. The standard InChI is InChI=1S/C29H34N6O/c1-18(36)34-10-9-27(30)26(17-34)29(31)35-16-22(25-13-20-5-3-4-6-24(20)25)12-21-11-19(7-8-28(21)35)23-14-32-33(2)15-23/h3-8,11,14-15,20,22,24-25,31H,9-10,12-13,16-17,30H2,1-2H3/t20?,22-,24?,25?/m1/s1. The molecular formula is C29H34N6O. The smallest absolute Gasteiger partial charge is 0.219 e. The van der Waals surface area contributed by atoms with Gasteiger partial charge in [-0.1, -0.05) is 30.4 Å². The summed E-state index contributed by atoms with van der Waals surface area (Å²) in [6.07, 6.45) is 15.9. The Bertz CT molecular complexity index is 1320. The Kier molecular flexibility index (Phi) is 5.58. The molecule has 6 rings (SSSR count). The molecule has 1 fully saturated rings. The van der Waals surface area contributed by atoms with Crippen molar-refractivity contribution in [1.82, 2.24) is 14.7 Å². The molecule has 3 heterocycles. The first-order valence-corrected chi connectivity index (χ1v) is 13.0. The van der Waals surface area contributed by atoms with Crippen LogP contribution in [0.25, 0.3) is 11.1 Å². The van der Waals surface area contributed by atoms with E-state index in [0.717, 1.165) is 41.1 Å². The van der Waals surface area contributed by atoms with Gasteiger partial charge in [0, 0.05) is 62.2 Å². The van der Waals surface area contributed by atoms with Crippen LogP contribution in [0.3, 0.4) is 0 Å². The number of aromatic nitrogens is 2. The Balaban J connectivity index is 1.36. The second kappa shape index (κ2) is 8.80. The lowest BCUT2D eigenvalue weighted by Crippen LogP contribution is -2.50. The van der Waals surface area contributed by atoms with Crippen molar-refractivity contribution in [2.75, 3.05) is 24.5 Å². The molecule has 186 valence electrons. The number of carbonyl (C=O) groups is 1. The molecule has 2 aromatic rings. The lowest BCUT2D eigenvalue weighted by Gasteiger charge is -2.50. The quantitative estimate of drug-likeness (QED) is 0.513. The van der Waals surface area contributed by atoms with Gasteiger partial charge in [0.05, 0.1) is 12.7 Å². The van der Waals surface area contributed by atoms with Gasteiger partial charge < -0.3 is 15.5 Å². The van der Waals surface area contributed by atoms with Crippen molar-refractivity contribution < 1.29 is 4.79 Å². The molecule has 1 saturated carbocycles. The number of hydrogen-bond donors (Lipinski definition) is 2. The molecule has 0 radical (unpaired) electrons. The van der Waals surface area contributed by atoms with Crippen LogP contribution >= 0.6 is 0 Å². The summed E-state index contributed by atoms with van der Waals surface area (Å²) in [5.41, 5.74) is 12.6. The van der Waals surface area contributed by atoms with E-state index in [9.17, 15) is 10.2 Å². The molecule has 1 aromatic carbocycles. The summed E-state index contributed by atoms with van der Waals surface area (Å²) in [4.78, 5) is 16.1. The van der Waals surface area contributed by atoms with Crippen LogP contribution in [0.5, 0.6) is 0 Å². The molecule has 4 atom stereocenters. The molecule has 3 unspecified atom stereocenters. The van der Waals surface area contributed by atoms with Gasteiger partial charge in [0.15, 0.2) is 0 Å². The number of aryl methyl sites for hydroxylation is 1. The van der Waals surface area contributed by atoms with Crippen LogP contribution in [-0.4, -0.2) is 46.1 Å². The van der Waals surface area contributed by atoms with Gasteiger partial charge in [0.2, 0.25) is 5.91 Å². The van der Waals surface area contributed by atoms with E-state index in [1.807, 2.05) is 24.1 Å². The summed E-state index contributed by atoms with van der Waals surface area (Å²) in [6, 6.07) is 6.56. The Labute approximate surface area is 212 Å². The van der Waals surface area contributed by atoms with Crippen LogP contribution in [-0.2, 0) is 18.3 Å². The molecule has 3 N–H and O–H groups in total. The Morgan fingerprint density at radius 1 is 1.19 bits per heavy atom. The number of fused-ring (bicyclic) bond motifs is 2. The van der Waals surface area contributed by atoms with Crippen molar-refractivity contribution in [2.45, 2.75) is 26.2 Å². The zero-order valence-corrected chi connectivity index (χ0v) is 21.0. The molecule has 7 nitrogen and oxygen atoms in total. The number of amidine groups is 1. The maximum atomic E-state index is 12.1. The molecule has 2 aliphatic carbocycles. The number of rotatable bonds is 3. The molecule has 0 saturated heterocycles. The summed E-state index contributed by atoms with van der Waals surface area (Å²) < 4.78 is 1.83. The lowest BCUT2D eigenvalue weighted by atomic mass is 9.57. The van der Waals surface area contributed by atoms with E-state index in [2.05, 4.69) is 52.5 Å². The molecule has 36 heavy (non-hydrogen) atoms. The largest absolute Gasteiger partial charge is 0.402 e. The molecular weight excluding hydrogens is 448 g/mol. The minimum Gasteiger partial charge on any atom is -0.402 e. The van der Waals surface area contributed by atoms with Gasteiger partial charge in [-0.05, 0) is 59.8 Å². The summed E-state index contributed by atoms with van der Waals surface area (Å²) in [5.74, 6) is 2.77. The monoisotopic (exact) mass is 482 g/mol. The normalized spacial score (nSPS) is 26.9. The van der Waals surface area contributed by atoms with Crippen molar-refractivity contribution in [3.05, 3.63) is 71.7 Å². The molecule has 1 aromatic heterocycles. The van der Waals surface area contributed by atoms with Crippen molar-refractivity contribution in [1.29, 1.82) is 5.41 Å². The second-order valence-electron chi connectivity index (χ2n) is 10.8. The average Bonchev–Trinajstić information content (AvgIpc) is 3.30. The topological polar surface area (TPSA) is 91.2 Å². The fourth-order valence-electron chi connectivity index (χ4n) is 6.53. The van der Waals surface area contributed by atoms with Crippen LogP contribution in [0.2, 0.25) is 0 Å². The van der Waals surface area contributed by atoms with E-state index in [1.54, 1.807) is 11.8 Å². The van der Waals surface area contributed by atoms with Crippen LogP contribution in [0, 0.1) is 29.1 Å². The van der Waals surface area contributed by atoms with E-state index >= 15 is 0 Å². The van der Waals surface area contributed by atoms with Gasteiger partial charge >= 0.3 is 0 Å². The number of benzene rings is 1. The van der Waals surface area contributed by atoms with Crippen LogP contribution < -0.4 is 10.6 Å². The maximum Gasteiger partial charge on any atom is 0.219 e. The van der Waals surface area contributed by atoms with Gasteiger partial charge in [-0.25, -0.2) is 0 Å². The summed E-state index contributed by atoms with van der Waals surface area (Å²) in [6.45, 7) is 3.43. The van der Waals surface area contributed by atoms with E-state index in [1.165, 1.54) is 12.0 Å². The van der Waals surface area contributed by atoms with Gasteiger partial charge in [0.1, 0.15) is 5.84 Å². The van der Waals surface area contributed by atoms with Crippen LogP contribution in [0.1, 0.15) is 25.3 Å². The number of allylic oxidation sites excluding steroid dienone is 4. The van der Waals surface area contributed by atoms with Crippen LogP contribution in [0.4, 0.5) is 5.69 Å². The zero-order valence-electron chi connectivity index (χ0n) is 21.0. The Morgan fingerprint density at radius 3 is 2.78 bits per heavy atom. The molecule has 0 spiro atoms. The Hall–Kier alpha value is -3.61. The molecule has 0 bridgehead atoms. The second-order valence-corrected chi connectivity index (χ2v) is 10.8. The zero-order chi connectivity index (χ0) is 25.0. The highest BCUT2D eigenvalue weighted by atomic mass is 16.2. The van der Waals surface area contributed by atoms with E-state index < -0.39 is 0 Å². The molecule has 4 aliphatic rings. The summed E-state index contributed by atoms with van der Waals surface area (Å²) in [7, 11) is 1.94. The highest BCUT2D eigenvalue weighted by molar-refractivity contribution is 6.09. The number of nitrogens with two attached hydrogens (primary N) is 1. The van der Waals surface area contributed by atoms with E-state index in [-0.39, 0.29) is 5.91 Å². The van der Waals surface area contributed by atoms with Crippen molar-refractivity contribution in [3.8, 4) is 11.1 Å². The summed E-state index contributed by atoms with van der Waals surface area (Å²) in [5, 5.41) is 13.6. The molecule has 7 heteroatoms. The fraction of sp³-hybridized carbons (Fsp3) is 0.414. The van der Waals surface area contributed by atoms with Crippen molar-refractivity contribution in [3.63, 3.8) is 0 Å². The number of amides is 1. The molecule has 2 aliphatic heterocycles. The van der Waals surface area contributed by atoms with Gasteiger partial charge in [0.25, 0.3) is 0 Å². The first-order valence-electron chi connectivity index (χ1n) is 13.0. The molecule has 1 amide bonds. The SMILES string of the molecule is CC(=O)N1CCC(N)=C(C(=N)N2C[C@H](C3CC4C=CC=CC43)Cc3cc(-c4cnn(C)c4)ccc32)C1. The third-order valence-corrected chi connectivity index (χ3v) is 8.64. The number of nitrogens with zero attached hydrogens (tertiary/aromatic N) is 4. The average molecular weight is 483 g/mol. The lowest BCUT2D eigenvalue weighted by molar-refractivity contribution is -0.128. The Morgan fingerprint density at radius 2 is 2.03 bits per heavy atom. The minimum atomic E-state index is 0.0310. The number of hydrogen-bond acceptors (Lipinski definition) is 4. The summed E-state index contributed by atoms with van der Waals surface area (Å²) >= 11 is 0. The third-order valence-electron chi connectivity index (χ3n) is 8.64. The van der Waals surface area contributed by atoms with Gasteiger partial charge in [-0.3, -0.25) is 14.9 Å². The van der Waals surface area contributed by atoms with E-state index in [0.29, 0.717) is 49.0 Å². The fourth-order valence-corrected chi connectivity index (χ4v) is 6.53. The maximum absolute atomic E-state index is 12.1. The van der Waals surface area contributed by atoms with E-state index in [4.69, 9.17) is 5.73 Å². The predicted molar refractivity (Wildman–Crippen MR) is 142 cm³/mol. The first kappa shape index (κ1) is 22.8. The third kappa shape index (κ3) is 3.87. The number of anilines is 1.